The molecule has 0 aliphatic carbocycles. The van der Waals surface area contributed by atoms with Crippen LogP contribution in [0, 0.1) is 0 Å². The first-order valence-electron chi connectivity index (χ1n) is 7.59. The van der Waals surface area contributed by atoms with Gasteiger partial charge in [-0.05, 0) is 18.6 Å². The van der Waals surface area contributed by atoms with Crippen molar-refractivity contribution in [2.45, 2.75) is 44.6 Å². The van der Waals surface area contributed by atoms with E-state index in [9.17, 15) is 22.4 Å². The Morgan fingerprint density at radius 3 is 2.46 bits per heavy atom. The van der Waals surface area contributed by atoms with Crippen LogP contribution in [0.15, 0.2) is 24.3 Å². The highest BCUT2D eigenvalue weighted by molar-refractivity contribution is 5.96. The third kappa shape index (κ3) is 5.36. The zero-order valence-corrected chi connectivity index (χ0v) is 13.6. The van der Waals surface area contributed by atoms with E-state index >= 15 is 0 Å². The first kappa shape index (κ1) is 20.2. The van der Waals surface area contributed by atoms with Crippen LogP contribution in [0.3, 0.4) is 0 Å². The Balaban J connectivity index is 2.68. The number of benzene rings is 1. The van der Waals surface area contributed by atoms with E-state index in [4.69, 9.17) is 4.74 Å². The molecule has 1 rings (SSSR count). The molecule has 1 N–H and O–H groups in total. The van der Waals surface area contributed by atoms with Crippen molar-refractivity contribution >= 4 is 11.6 Å². The maximum atomic E-state index is 13.7. The predicted octanol–water partition coefficient (Wildman–Crippen LogP) is 4.46. The number of hydrogen-bond donors (Lipinski definition) is 1. The van der Waals surface area contributed by atoms with Crippen molar-refractivity contribution < 1.29 is 31.8 Å². The molecule has 1 aromatic carbocycles. The third-order valence-corrected chi connectivity index (χ3v) is 3.30. The Hall–Kier alpha value is -1.83. The molecule has 0 spiro atoms. The van der Waals surface area contributed by atoms with E-state index in [1.165, 1.54) is 18.2 Å². The summed E-state index contributed by atoms with van der Waals surface area (Å²) in [5.41, 5.74) is -0.0191. The molecular weight excluding hydrogens is 330 g/mol. The average molecular weight is 351 g/mol. The minimum Gasteiger partial charge on any atom is -0.494 e. The van der Waals surface area contributed by atoms with Crippen LogP contribution in [0.1, 0.15) is 32.6 Å². The third-order valence-electron chi connectivity index (χ3n) is 3.30. The van der Waals surface area contributed by atoms with Gasteiger partial charge in [-0.15, -0.1) is 0 Å². The maximum absolute atomic E-state index is 13.7. The molecule has 0 saturated heterocycles. The number of rotatable bonds is 9. The van der Waals surface area contributed by atoms with Gasteiger partial charge in [-0.3, -0.25) is 4.79 Å². The van der Waals surface area contributed by atoms with E-state index in [0.717, 1.165) is 25.7 Å². The highest BCUT2D eigenvalue weighted by atomic mass is 19.4. The zero-order valence-electron chi connectivity index (χ0n) is 13.6. The number of nitrogens with one attached hydrogen (secondary N) is 1. The average Bonchev–Trinajstić information content (AvgIpc) is 2.53. The van der Waals surface area contributed by atoms with Crippen molar-refractivity contribution in [3.05, 3.63) is 24.3 Å². The predicted molar refractivity (Wildman–Crippen MR) is 81.6 cm³/mol. The number of carbonyl (C=O) groups excluding carboxylic acids is 1. The quantitative estimate of drug-likeness (QED) is 0.528. The molecule has 1 amide bonds. The molecule has 24 heavy (non-hydrogen) atoms. The second-order valence-corrected chi connectivity index (χ2v) is 5.19. The van der Waals surface area contributed by atoms with E-state index in [1.54, 1.807) is 6.07 Å². The molecule has 0 aromatic heterocycles. The van der Waals surface area contributed by atoms with Crippen molar-refractivity contribution in [2.75, 3.05) is 19.0 Å². The molecule has 8 heteroatoms. The summed E-state index contributed by atoms with van der Waals surface area (Å²) >= 11 is 0. The molecule has 0 aliphatic rings. The van der Waals surface area contributed by atoms with E-state index in [2.05, 4.69) is 11.7 Å². The number of ether oxygens (including phenoxy) is 2. The Labute approximate surface area is 138 Å². The van der Waals surface area contributed by atoms with Crippen LogP contribution in [0.25, 0.3) is 0 Å². The fraction of sp³-hybridized carbons (Fsp3) is 0.562. The number of alkyl halides is 4. The van der Waals surface area contributed by atoms with Gasteiger partial charge in [-0.1, -0.05) is 32.3 Å². The van der Waals surface area contributed by atoms with Crippen molar-refractivity contribution in [3.63, 3.8) is 0 Å². The van der Waals surface area contributed by atoms with Crippen LogP contribution in [0.4, 0.5) is 23.2 Å². The second kappa shape index (κ2) is 8.86. The molecule has 0 aliphatic heterocycles. The number of halogens is 4. The number of amides is 1. The Morgan fingerprint density at radius 1 is 1.17 bits per heavy atom. The molecule has 136 valence electrons. The molecular formula is C16H21F4NO3. The molecule has 1 atom stereocenters. The molecule has 1 unspecified atom stereocenters. The van der Waals surface area contributed by atoms with Gasteiger partial charge in [0.1, 0.15) is 5.75 Å². The van der Waals surface area contributed by atoms with Gasteiger partial charge in [-0.25, -0.2) is 0 Å². The lowest BCUT2D eigenvalue weighted by molar-refractivity contribution is -0.305. The van der Waals surface area contributed by atoms with Gasteiger partial charge in [-0.2, -0.15) is 17.6 Å². The van der Waals surface area contributed by atoms with E-state index in [1.807, 2.05) is 5.32 Å². The van der Waals surface area contributed by atoms with Gasteiger partial charge in [0.15, 0.2) is 0 Å². The van der Waals surface area contributed by atoms with Gasteiger partial charge >= 0.3 is 12.0 Å². The van der Waals surface area contributed by atoms with Gasteiger partial charge in [0.25, 0.3) is 5.91 Å². The lowest BCUT2D eigenvalue weighted by Gasteiger charge is -2.24. The smallest absolute Gasteiger partial charge is 0.458 e. The fourth-order valence-corrected chi connectivity index (χ4v) is 1.93. The fourth-order valence-electron chi connectivity index (χ4n) is 1.93. The van der Waals surface area contributed by atoms with E-state index < -0.39 is 17.9 Å². The largest absolute Gasteiger partial charge is 0.494 e. The Morgan fingerprint density at radius 2 is 1.88 bits per heavy atom. The highest BCUT2D eigenvalue weighted by Crippen LogP contribution is 2.35. The van der Waals surface area contributed by atoms with E-state index in [0.29, 0.717) is 19.5 Å². The van der Waals surface area contributed by atoms with Crippen molar-refractivity contribution in [1.29, 1.82) is 0 Å². The number of methoxy groups -OCH3 is 1. The SMILES string of the molecule is CCCCCCOc1cccc(NC(=O)C(F)(OC)C(F)(F)F)c1. The van der Waals surface area contributed by atoms with Gasteiger partial charge in [0, 0.05) is 18.9 Å². The lowest BCUT2D eigenvalue weighted by Crippen LogP contribution is -2.52. The maximum Gasteiger partial charge on any atom is 0.458 e. The number of unbranched alkanes of at least 4 members (excludes halogenated alkanes) is 3. The summed E-state index contributed by atoms with van der Waals surface area (Å²) in [5.74, 6) is -5.99. The molecule has 1 aromatic rings. The second-order valence-electron chi connectivity index (χ2n) is 5.19. The highest BCUT2D eigenvalue weighted by Gasteiger charge is 2.63. The molecule has 4 nitrogen and oxygen atoms in total. The van der Waals surface area contributed by atoms with Crippen molar-refractivity contribution in [3.8, 4) is 5.75 Å². The van der Waals surface area contributed by atoms with E-state index in [-0.39, 0.29) is 5.69 Å². The van der Waals surface area contributed by atoms with Crippen LogP contribution in [0.2, 0.25) is 0 Å². The van der Waals surface area contributed by atoms with Gasteiger partial charge < -0.3 is 14.8 Å². The summed E-state index contributed by atoms with van der Waals surface area (Å²) in [7, 11) is 0.475. The number of anilines is 1. The summed E-state index contributed by atoms with van der Waals surface area (Å²) in [4.78, 5) is 11.6. The summed E-state index contributed by atoms with van der Waals surface area (Å²) in [6, 6.07) is 5.73. The topological polar surface area (TPSA) is 47.6 Å². The van der Waals surface area contributed by atoms with Crippen LogP contribution in [-0.2, 0) is 9.53 Å². The van der Waals surface area contributed by atoms with Crippen LogP contribution < -0.4 is 10.1 Å². The normalized spacial score (nSPS) is 14.1. The standard InChI is InChI=1S/C16H21F4NO3/c1-3-4-5-6-10-24-13-9-7-8-12(11-13)21-14(22)15(17,23-2)16(18,19)20/h7-9,11H,3-6,10H2,1-2H3,(H,21,22). The van der Waals surface area contributed by atoms with Crippen LogP contribution >= 0.6 is 0 Å². The summed E-state index contributed by atoms with van der Waals surface area (Å²) in [5, 5.41) is 1.85. The minimum atomic E-state index is -5.49. The molecule has 0 fully saturated rings. The first-order chi connectivity index (χ1) is 11.2. The minimum absolute atomic E-state index is 0.0191. The number of carbonyl (C=O) groups is 1. The number of hydrogen-bond acceptors (Lipinski definition) is 3. The summed E-state index contributed by atoms with van der Waals surface area (Å²) < 4.78 is 60.8. The summed E-state index contributed by atoms with van der Waals surface area (Å²) in [6.07, 6.45) is -1.45. The van der Waals surface area contributed by atoms with Crippen molar-refractivity contribution in [1.82, 2.24) is 0 Å². The molecule has 0 saturated carbocycles. The van der Waals surface area contributed by atoms with Crippen molar-refractivity contribution in [2.24, 2.45) is 0 Å². The molecule has 0 heterocycles. The van der Waals surface area contributed by atoms with Gasteiger partial charge in [0.2, 0.25) is 0 Å². The molecule has 0 radical (unpaired) electrons. The monoisotopic (exact) mass is 351 g/mol. The Kier molecular flexibility index (Phi) is 7.47. The zero-order chi connectivity index (χ0) is 18.2. The van der Waals surface area contributed by atoms with Crippen LogP contribution in [-0.4, -0.2) is 31.7 Å². The first-order valence-corrected chi connectivity index (χ1v) is 7.59. The summed E-state index contributed by atoms with van der Waals surface area (Å²) in [6.45, 7) is 2.53. The van der Waals surface area contributed by atoms with Crippen LogP contribution in [0.5, 0.6) is 5.75 Å². The van der Waals surface area contributed by atoms with Gasteiger partial charge in [0.05, 0.1) is 6.61 Å². The lowest BCUT2D eigenvalue weighted by atomic mass is 10.2. The molecule has 0 bridgehead atoms. The Bertz CT molecular complexity index is 536.